The van der Waals surface area contributed by atoms with E-state index < -0.39 is 0 Å². The number of aryl methyl sites for hydroxylation is 1. The molecular weight excluding hydrogens is 360 g/mol. The smallest absolute Gasteiger partial charge is 0.237 e. The number of nitrogens with one attached hydrogen (secondary N) is 1. The summed E-state index contributed by atoms with van der Waals surface area (Å²) in [5.74, 6) is 0.844. The van der Waals surface area contributed by atoms with E-state index in [4.69, 9.17) is 11.6 Å². The fourth-order valence-corrected chi connectivity index (χ4v) is 4.60. The lowest BCUT2D eigenvalue weighted by Crippen LogP contribution is -2.24. The number of fused-ring (bicyclic) bond motifs is 1. The van der Waals surface area contributed by atoms with E-state index in [-0.39, 0.29) is 11.2 Å². The summed E-state index contributed by atoms with van der Waals surface area (Å²) in [6.07, 6.45) is 0. The molecule has 1 aliphatic heterocycles. The molecule has 1 heterocycles. The minimum Gasteiger partial charge on any atom is -0.325 e. The topological polar surface area (TPSA) is 41.5 Å². The van der Waals surface area contributed by atoms with Crippen LogP contribution in [-0.4, -0.2) is 15.5 Å². The molecule has 0 saturated heterocycles. The van der Waals surface area contributed by atoms with E-state index in [0.29, 0.717) is 5.02 Å². The molecule has 0 saturated carbocycles. The number of amides is 1. The van der Waals surface area contributed by atoms with E-state index in [9.17, 15) is 4.79 Å². The lowest BCUT2D eigenvalue weighted by molar-refractivity contribution is -0.115. The van der Waals surface area contributed by atoms with Crippen LogP contribution in [0.15, 0.2) is 47.5 Å². The number of hydrogen-bond donors (Lipinski definition) is 1. The Morgan fingerprint density at radius 3 is 2.96 bits per heavy atom. The highest BCUT2D eigenvalue weighted by Crippen LogP contribution is 2.36. The number of hydrogen-bond acceptors (Lipinski definition) is 4. The van der Waals surface area contributed by atoms with E-state index in [1.54, 1.807) is 17.8 Å². The largest absolute Gasteiger partial charge is 0.325 e. The molecule has 0 aromatic heterocycles. The minimum absolute atomic E-state index is 0.0486. The zero-order chi connectivity index (χ0) is 17.1. The molecule has 2 aromatic carbocycles. The van der Waals surface area contributed by atoms with Crippen LogP contribution in [0, 0.1) is 6.92 Å². The molecule has 24 heavy (non-hydrogen) atoms. The number of carbonyl (C=O) groups excluding carboxylic acids is 1. The summed E-state index contributed by atoms with van der Waals surface area (Å²) in [6, 6.07) is 13.6. The number of carbonyl (C=O) groups is 1. The van der Waals surface area contributed by atoms with E-state index in [2.05, 4.69) is 16.4 Å². The zero-order valence-electron chi connectivity index (χ0n) is 13.4. The summed E-state index contributed by atoms with van der Waals surface area (Å²) in [7, 11) is 0. The van der Waals surface area contributed by atoms with Gasteiger partial charge in [-0.2, -0.15) is 0 Å². The summed E-state index contributed by atoms with van der Waals surface area (Å²) in [5.41, 5.74) is 3.97. The predicted molar refractivity (Wildman–Crippen MR) is 107 cm³/mol. The number of anilines is 1. The van der Waals surface area contributed by atoms with Crippen LogP contribution in [0.4, 0.5) is 11.4 Å². The summed E-state index contributed by atoms with van der Waals surface area (Å²) in [6.45, 7) is 3.84. The second kappa shape index (κ2) is 7.64. The Labute approximate surface area is 155 Å². The molecule has 0 aliphatic carbocycles. The zero-order valence-corrected chi connectivity index (χ0v) is 15.8. The Balaban J connectivity index is 1.67. The van der Waals surface area contributed by atoms with Crippen LogP contribution in [0.2, 0.25) is 5.02 Å². The first-order chi connectivity index (χ1) is 11.5. The van der Waals surface area contributed by atoms with Crippen molar-refractivity contribution in [3.8, 4) is 0 Å². The quantitative estimate of drug-likeness (QED) is 0.753. The SMILES string of the molecule is Cc1ccc(Cl)cc1NC(=O)C(C)SC1=Nc2ccccc2CS1. The fraction of sp³-hybridized carbons (Fsp3) is 0.222. The van der Waals surface area contributed by atoms with Gasteiger partial charge in [-0.25, -0.2) is 4.99 Å². The predicted octanol–water partition coefficient (Wildman–Crippen LogP) is 5.64. The highest BCUT2D eigenvalue weighted by atomic mass is 35.5. The monoisotopic (exact) mass is 376 g/mol. The third-order valence-corrected chi connectivity index (χ3v) is 6.19. The molecule has 3 rings (SSSR count). The summed E-state index contributed by atoms with van der Waals surface area (Å²) < 4.78 is 0.930. The van der Waals surface area contributed by atoms with Crippen molar-refractivity contribution >= 4 is 56.8 Å². The second-order valence-corrected chi connectivity index (χ2v) is 8.49. The van der Waals surface area contributed by atoms with Crippen molar-refractivity contribution < 1.29 is 4.79 Å². The second-order valence-electron chi connectivity index (χ2n) is 5.50. The highest BCUT2D eigenvalue weighted by molar-refractivity contribution is 8.39. The van der Waals surface area contributed by atoms with Gasteiger partial charge in [-0.1, -0.05) is 59.4 Å². The van der Waals surface area contributed by atoms with Crippen molar-refractivity contribution in [2.24, 2.45) is 4.99 Å². The molecule has 1 aliphatic rings. The molecule has 1 unspecified atom stereocenters. The standard InChI is InChI=1S/C18H17ClN2OS2/c1-11-7-8-14(19)9-16(11)20-17(22)12(2)24-18-21-15-6-4-3-5-13(15)10-23-18/h3-9,12H,10H2,1-2H3,(H,20,22). The van der Waals surface area contributed by atoms with E-state index in [1.807, 2.05) is 44.2 Å². The van der Waals surface area contributed by atoms with Crippen molar-refractivity contribution in [2.45, 2.75) is 24.9 Å². The van der Waals surface area contributed by atoms with E-state index in [1.165, 1.54) is 17.3 Å². The Morgan fingerprint density at radius 1 is 1.33 bits per heavy atom. The normalized spacial score (nSPS) is 14.5. The maximum Gasteiger partial charge on any atom is 0.237 e. The number of nitrogens with zero attached hydrogens (tertiary/aromatic N) is 1. The van der Waals surface area contributed by atoms with Gasteiger partial charge >= 0.3 is 0 Å². The maximum absolute atomic E-state index is 12.5. The number of rotatable bonds is 3. The first-order valence-electron chi connectivity index (χ1n) is 7.56. The lowest BCUT2D eigenvalue weighted by Gasteiger charge is -2.17. The molecule has 124 valence electrons. The number of thioether (sulfide) groups is 2. The van der Waals surface area contributed by atoms with Crippen LogP contribution >= 0.6 is 35.1 Å². The molecule has 0 fully saturated rings. The number of para-hydroxylation sites is 1. The van der Waals surface area contributed by atoms with Gasteiger partial charge in [0.2, 0.25) is 5.91 Å². The van der Waals surface area contributed by atoms with E-state index in [0.717, 1.165) is 27.1 Å². The van der Waals surface area contributed by atoms with Gasteiger partial charge in [0.1, 0.15) is 4.38 Å². The van der Waals surface area contributed by atoms with Gasteiger partial charge in [0, 0.05) is 16.5 Å². The molecule has 1 N–H and O–H groups in total. The molecule has 2 aromatic rings. The van der Waals surface area contributed by atoms with Gasteiger partial charge in [0.05, 0.1) is 10.9 Å². The Bertz CT molecular complexity index is 807. The van der Waals surface area contributed by atoms with E-state index >= 15 is 0 Å². The van der Waals surface area contributed by atoms with Crippen molar-refractivity contribution in [3.05, 3.63) is 58.6 Å². The van der Waals surface area contributed by atoms with Crippen molar-refractivity contribution in [1.29, 1.82) is 0 Å². The van der Waals surface area contributed by atoms with Crippen molar-refractivity contribution in [3.63, 3.8) is 0 Å². The third kappa shape index (κ3) is 4.15. The molecular formula is C18H17ClN2OS2. The van der Waals surface area contributed by atoms with Crippen LogP contribution in [0.5, 0.6) is 0 Å². The minimum atomic E-state index is -0.236. The van der Waals surface area contributed by atoms with Gasteiger partial charge in [0.15, 0.2) is 0 Å². The fourth-order valence-electron chi connectivity index (χ4n) is 2.24. The molecule has 0 bridgehead atoms. The van der Waals surface area contributed by atoms with Crippen LogP contribution < -0.4 is 5.32 Å². The first kappa shape index (κ1) is 17.4. The first-order valence-corrected chi connectivity index (χ1v) is 9.80. The third-order valence-electron chi connectivity index (χ3n) is 3.66. The van der Waals surface area contributed by atoms with Gasteiger partial charge in [-0.3, -0.25) is 4.79 Å². The van der Waals surface area contributed by atoms with Crippen LogP contribution in [0.25, 0.3) is 0 Å². The molecule has 3 nitrogen and oxygen atoms in total. The van der Waals surface area contributed by atoms with Gasteiger partial charge in [-0.15, -0.1) is 0 Å². The Kier molecular flexibility index (Phi) is 5.54. The summed E-state index contributed by atoms with van der Waals surface area (Å²) in [5, 5.41) is 3.33. The average molecular weight is 377 g/mol. The Morgan fingerprint density at radius 2 is 2.12 bits per heavy atom. The van der Waals surface area contributed by atoms with Gasteiger partial charge < -0.3 is 5.32 Å². The molecule has 1 amide bonds. The average Bonchev–Trinajstić information content (AvgIpc) is 2.58. The number of benzene rings is 2. The number of aliphatic imine (C=N–C) groups is 1. The highest BCUT2D eigenvalue weighted by Gasteiger charge is 2.20. The van der Waals surface area contributed by atoms with Crippen LogP contribution in [0.3, 0.4) is 0 Å². The van der Waals surface area contributed by atoms with Crippen LogP contribution in [-0.2, 0) is 10.5 Å². The maximum atomic E-state index is 12.5. The Hall–Kier alpha value is -1.43. The van der Waals surface area contributed by atoms with Gasteiger partial charge in [0.25, 0.3) is 0 Å². The number of halogens is 1. The molecule has 1 atom stereocenters. The summed E-state index contributed by atoms with van der Waals surface area (Å²) in [4.78, 5) is 17.1. The van der Waals surface area contributed by atoms with Crippen molar-refractivity contribution in [2.75, 3.05) is 5.32 Å². The van der Waals surface area contributed by atoms with Gasteiger partial charge in [-0.05, 0) is 43.2 Å². The lowest BCUT2D eigenvalue weighted by atomic mass is 10.2. The summed E-state index contributed by atoms with van der Waals surface area (Å²) >= 11 is 9.17. The molecule has 0 radical (unpaired) electrons. The molecule has 6 heteroatoms. The molecule has 0 spiro atoms. The van der Waals surface area contributed by atoms with Crippen molar-refractivity contribution in [1.82, 2.24) is 0 Å². The van der Waals surface area contributed by atoms with Crippen LogP contribution in [0.1, 0.15) is 18.1 Å².